The number of benzene rings is 3. The molecular formula is C30H23BrClN3O2S. The van der Waals surface area contributed by atoms with E-state index in [1.54, 1.807) is 35.8 Å². The number of halogens is 2. The molecule has 1 heterocycles. The van der Waals surface area contributed by atoms with E-state index in [0.29, 0.717) is 36.9 Å². The van der Waals surface area contributed by atoms with Crippen LogP contribution < -0.4 is 10.1 Å². The van der Waals surface area contributed by atoms with Gasteiger partial charge in [0.2, 0.25) is 0 Å². The number of nitrogens with zero attached hydrogens (tertiary/aromatic N) is 2. The van der Waals surface area contributed by atoms with Gasteiger partial charge in [-0.15, -0.1) is 11.3 Å². The average molecular weight is 605 g/mol. The quantitative estimate of drug-likeness (QED) is 0.215. The number of hydrogen-bond donors (Lipinski definition) is 1. The van der Waals surface area contributed by atoms with Gasteiger partial charge < -0.3 is 10.1 Å². The maximum absolute atomic E-state index is 13.4. The van der Waals surface area contributed by atoms with Crippen molar-refractivity contribution in [3.63, 3.8) is 0 Å². The third-order valence-corrected chi connectivity index (χ3v) is 8.29. The van der Waals surface area contributed by atoms with Crippen LogP contribution in [-0.4, -0.2) is 12.1 Å². The van der Waals surface area contributed by atoms with Crippen LogP contribution in [0.25, 0.3) is 0 Å². The van der Waals surface area contributed by atoms with Crippen molar-refractivity contribution in [3.05, 3.63) is 109 Å². The Hall–Kier alpha value is -3.44. The van der Waals surface area contributed by atoms with Gasteiger partial charge in [-0.2, -0.15) is 5.26 Å². The molecule has 0 spiro atoms. The fourth-order valence-corrected chi connectivity index (χ4v) is 6.63. The normalized spacial score (nSPS) is 12.7. The van der Waals surface area contributed by atoms with Gasteiger partial charge in [-0.3, -0.25) is 4.79 Å². The van der Waals surface area contributed by atoms with E-state index in [9.17, 15) is 10.1 Å². The molecule has 4 aromatic rings. The topological polar surface area (TPSA) is 74.5 Å². The molecule has 0 unspecified atom stereocenters. The van der Waals surface area contributed by atoms with E-state index in [4.69, 9.17) is 21.3 Å². The Morgan fingerprint density at radius 3 is 2.71 bits per heavy atom. The lowest BCUT2D eigenvalue weighted by Crippen LogP contribution is -2.14. The van der Waals surface area contributed by atoms with Crippen LogP contribution in [0.3, 0.4) is 0 Å². The summed E-state index contributed by atoms with van der Waals surface area (Å²) >= 11 is 11.5. The molecule has 190 valence electrons. The maximum atomic E-state index is 13.4. The first-order chi connectivity index (χ1) is 18.5. The first-order valence-electron chi connectivity index (χ1n) is 12.2. The van der Waals surface area contributed by atoms with Crippen LogP contribution in [0, 0.1) is 11.3 Å². The number of thiophene rings is 1. The predicted molar refractivity (Wildman–Crippen MR) is 157 cm³/mol. The number of anilines is 1. The molecule has 0 atom stereocenters. The lowest BCUT2D eigenvalue weighted by Gasteiger charge is -2.13. The van der Waals surface area contributed by atoms with Crippen molar-refractivity contribution in [2.75, 3.05) is 5.32 Å². The van der Waals surface area contributed by atoms with Crippen molar-refractivity contribution in [2.24, 2.45) is 4.99 Å². The number of fused-ring (bicyclic) bond motifs is 1. The Bertz CT molecular complexity index is 1560. The van der Waals surface area contributed by atoms with Crippen LogP contribution in [0.2, 0.25) is 5.02 Å². The summed E-state index contributed by atoms with van der Waals surface area (Å²) in [4.78, 5) is 19.4. The number of nitrogens with one attached hydrogen (secondary N) is 1. The van der Waals surface area contributed by atoms with Crippen LogP contribution in [0.1, 0.15) is 50.3 Å². The second-order valence-electron chi connectivity index (χ2n) is 8.83. The molecule has 0 fully saturated rings. The summed E-state index contributed by atoms with van der Waals surface area (Å²) in [5.74, 6) is 0.405. The molecule has 0 bridgehead atoms. The molecule has 38 heavy (non-hydrogen) atoms. The standard InChI is InChI=1S/C30H23BrClN3O2S/c31-25-15-22(32)14-21(28(25)37-18-20-9-5-4-8-19(20)16-33)17-34-30-27(24-12-6-7-13-26(24)38-30)29(36)35-23-10-2-1-3-11-23/h1-5,8-11,14-15,17H,6-7,12-13,18H2,(H,35,36). The second-order valence-corrected chi connectivity index (χ2v) is 11.2. The molecule has 1 aliphatic rings. The molecule has 1 amide bonds. The van der Waals surface area contributed by atoms with Crippen molar-refractivity contribution in [3.8, 4) is 11.8 Å². The van der Waals surface area contributed by atoms with Crippen molar-refractivity contribution in [1.82, 2.24) is 0 Å². The van der Waals surface area contributed by atoms with Gasteiger partial charge in [-0.1, -0.05) is 48.0 Å². The highest BCUT2D eigenvalue weighted by atomic mass is 79.9. The minimum atomic E-state index is -0.153. The molecule has 0 saturated carbocycles. The summed E-state index contributed by atoms with van der Waals surface area (Å²) in [7, 11) is 0. The highest BCUT2D eigenvalue weighted by Gasteiger charge is 2.25. The van der Waals surface area contributed by atoms with Gasteiger partial charge >= 0.3 is 0 Å². The van der Waals surface area contributed by atoms with Crippen molar-refractivity contribution in [1.29, 1.82) is 5.26 Å². The van der Waals surface area contributed by atoms with Crippen molar-refractivity contribution >= 4 is 61.7 Å². The largest absolute Gasteiger partial charge is 0.487 e. The number of aliphatic imine (C=N–C) groups is 1. The molecule has 0 aliphatic heterocycles. The van der Waals surface area contributed by atoms with E-state index in [1.807, 2.05) is 48.5 Å². The third-order valence-electron chi connectivity index (χ3n) is 6.28. The first kappa shape index (κ1) is 26.2. The Morgan fingerprint density at radius 2 is 1.89 bits per heavy atom. The molecule has 8 heteroatoms. The molecule has 1 aliphatic carbocycles. The zero-order valence-electron chi connectivity index (χ0n) is 20.3. The smallest absolute Gasteiger partial charge is 0.259 e. The first-order valence-corrected chi connectivity index (χ1v) is 14.2. The number of hydrogen-bond acceptors (Lipinski definition) is 5. The van der Waals surface area contributed by atoms with Gasteiger partial charge in [0.15, 0.2) is 0 Å². The Labute approximate surface area is 238 Å². The Kier molecular flexibility index (Phi) is 8.23. The molecule has 0 radical (unpaired) electrons. The minimum absolute atomic E-state index is 0.153. The van der Waals surface area contributed by atoms with Gasteiger partial charge in [-0.05, 0) is 77.5 Å². The van der Waals surface area contributed by atoms with Gasteiger partial charge in [0.1, 0.15) is 17.4 Å². The number of amides is 1. The zero-order chi connectivity index (χ0) is 26.5. The van der Waals surface area contributed by atoms with E-state index >= 15 is 0 Å². The van der Waals surface area contributed by atoms with Crippen LogP contribution >= 0.6 is 38.9 Å². The van der Waals surface area contributed by atoms with E-state index in [-0.39, 0.29) is 12.5 Å². The number of carbonyl (C=O) groups excluding carboxylic acids is 1. The summed E-state index contributed by atoms with van der Waals surface area (Å²) in [6.45, 7) is 0.211. The molecule has 1 N–H and O–H groups in total. The van der Waals surface area contributed by atoms with E-state index in [2.05, 4.69) is 27.3 Å². The molecule has 5 nitrogen and oxygen atoms in total. The van der Waals surface area contributed by atoms with Crippen LogP contribution in [0.15, 0.2) is 76.2 Å². The van der Waals surface area contributed by atoms with Crippen LogP contribution in [0.5, 0.6) is 5.75 Å². The number of para-hydroxylation sites is 1. The highest BCUT2D eigenvalue weighted by molar-refractivity contribution is 9.10. The summed E-state index contributed by atoms with van der Waals surface area (Å²) in [5.41, 5.74) is 4.49. The Balaban J connectivity index is 1.48. The maximum Gasteiger partial charge on any atom is 0.259 e. The number of nitriles is 1. The van der Waals surface area contributed by atoms with E-state index in [1.165, 1.54) is 4.88 Å². The monoisotopic (exact) mass is 603 g/mol. The van der Waals surface area contributed by atoms with Gasteiger partial charge in [0, 0.05) is 32.9 Å². The SMILES string of the molecule is N#Cc1ccccc1COc1c(Br)cc(Cl)cc1C=Nc1sc2c(c1C(=O)Nc1ccccc1)CCCC2. The van der Waals surface area contributed by atoms with Crippen molar-refractivity contribution in [2.45, 2.75) is 32.3 Å². The minimum Gasteiger partial charge on any atom is -0.487 e. The van der Waals surface area contributed by atoms with Gasteiger partial charge in [-0.25, -0.2) is 4.99 Å². The summed E-state index contributed by atoms with van der Waals surface area (Å²) in [6.07, 6.45) is 5.69. The van der Waals surface area contributed by atoms with Crippen LogP contribution in [-0.2, 0) is 19.4 Å². The van der Waals surface area contributed by atoms with E-state index < -0.39 is 0 Å². The second kappa shape index (κ2) is 12.0. The van der Waals surface area contributed by atoms with Gasteiger partial charge in [0.05, 0.1) is 21.7 Å². The lowest BCUT2D eigenvalue weighted by molar-refractivity contribution is 0.102. The van der Waals surface area contributed by atoms with Crippen molar-refractivity contribution < 1.29 is 9.53 Å². The average Bonchev–Trinajstić information content (AvgIpc) is 3.30. The zero-order valence-corrected chi connectivity index (χ0v) is 23.5. The number of aryl methyl sites for hydroxylation is 1. The van der Waals surface area contributed by atoms with Gasteiger partial charge in [0.25, 0.3) is 5.91 Å². The molecule has 5 rings (SSSR count). The van der Waals surface area contributed by atoms with E-state index in [0.717, 1.165) is 42.5 Å². The number of ether oxygens (including phenoxy) is 1. The molecule has 3 aromatic carbocycles. The fourth-order valence-electron chi connectivity index (χ4n) is 4.45. The number of carbonyl (C=O) groups is 1. The third kappa shape index (κ3) is 5.83. The highest BCUT2D eigenvalue weighted by Crippen LogP contribution is 2.41. The molecular weight excluding hydrogens is 582 g/mol. The number of rotatable bonds is 7. The molecule has 0 saturated heterocycles. The lowest BCUT2D eigenvalue weighted by atomic mass is 9.95. The summed E-state index contributed by atoms with van der Waals surface area (Å²) < 4.78 is 6.83. The van der Waals surface area contributed by atoms with Crippen LogP contribution in [0.4, 0.5) is 10.7 Å². The summed E-state index contributed by atoms with van der Waals surface area (Å²) in [5, 5.41) is 13.6. The fraction of sp³-hybridized carbons (Fsp3) is 0.167. The molecule has 1 aromatic heterocycles. The Morgan fingerprint density at radius 1 is 1.13 bits per heavy atom. The summed E-state index contributed by atoms with van der Waals surface area (Å²) in [6, 6.07) is 22.5. The predicted octanol–water partition coefficient (Wildman–Crippen LogP) is 8.50.